The number of hydrogen-bond donors (Lipinski definition) is 2. The Morgan fingerprint density at radius 1 is 1.29 bits per heavy atom. The van der Waals surface area contributed by atoms with Crippen LogP contribution in [0, 0.1) is 0 Å². The number of β-lactam (4-membered cyclic amide) rings is 1. The maximum atomic E-state index is 12.7. The van der Waals surface area contributed by atoms with E-state index in [1.165, 1.54) is 45.8 Å². The Balaban J connectivity index is 1.31. The number of aromatic nitrogens is 2. The van der Waals surface area contributed by atoms with Crippen LogP contribution in [0.2, 0.25) is 0 Å². The number of thioether (sulfide) groups is 2. The SMILES string of the molecule is O=C(COC(=O)C=Cc1ccccc1)NC1C(=O)N2C(C(=O)O)=C(CSc3nncs3)CS[C@@H]12. The minimum Gasteiger partial charge on any atom is -0.477 e. The molecule has 1 unspecified atom stereocenters. The third-order valence-corrected chi connectivity index (χ3v) is 8.12. The lowest BCUT2D eigenvalue weighted by Crippen LogP contribution is -2.70. The van der Waals surface area contributed by atoms with Crippen molar-refractivity contribution in [1.29, 1.82) is 0 Å². The van der Waals surface area contributed by atoms with Gasteiger partial charge in [-0.1, -0.05) is 53.4 Å². The van der Waals surface area contributed by atoms with Crippen LogP contribution in [0.3, 0.4) is 0 Å². The number of amides is 2. The van der Waals surface area contributed by atoms with Crippen LogP contribution in [0.1, 0.15) is 5.56 Å². The van der Waals surface area contributed by atoms with Crippen LogP contribution in [-0.4, -0.2) is 73.5 Å². The monoisotopic (exact) mass is 518 g/mol. The second-order valence-electron chi connectivity index (χ2n) is 7.06. The molecule has 0 aliphatic carbocycles. The molecule has 1 saturated heterocycles. The molecule has 2 aliphatic heterocycles. The third-order valence-electron chi connectivity index (χ3n) is 4.83. The molecule has 0 bridgehead atoms. The van der Waals surface area contributed by atoms with E-state index in [0.717, 1.165) is 5.56 Å². The Kier molecular flexibility index (Phi) is 7.65. The number of benzene rings is 1. The number of esters is 1. The van der Waals surface area contributed by atoms with Gasteiger partial charge in [-0.25, -0.2) is 9.59 Å². The van der Waals surface area contributed by atoms with Crippen molar-refractivity contribution in [1.82, 2.24) is 20.4 Å². The molecule has 2 aliphatic rings. The molecule has 1 aromatic heterocycles. The molecule has 4 rings (SSSR count). The van der Waals surface area contributed by atoms with Crippen LogP contribution in [0.25, 0.3) is 6.08 Å². The molecule has 2 atom stereocenters. The molecule has 10 nitrogen and oxygen atoms in total. The second kappa shape index (κ2) is 10.8. The predicted octanol–water partition coefficient (Wildman–Crippen LogP) is 1.63. The van der Waals surface area contributed by atoms with Gasteiger partial charge >= 0.3 is 11.9 Å². The lowest BCUT2D eigenvalue weighted by Gasteiger charge is -2.49. The van der Waals surface area contributed by atoms with E-state index >= 15 is 0 Å². The summed E-state index contributed by atoms with van der Waals surface area (Å²) in [6.45, 7) is -0.551. The minimum atomic E-state index is -1.20. The molecule has 34 heavy (non-hydrogen) atoms. The molecule has 1 fully saturated rings. The highest BCUT2D eigenvalue weighted by molar-refractivity contribution is 8.01. The Bertz CT molecular complexity index is 1150. The van der Waals surface area contributed by atoms with Crippen molar-refractivity contribution in [2.75, 3.05) is 18.1 Å². The first-order chi connectivity index (χ1) is 16.4. The number of carbonyl (C=O) groups is 4. The molecular formula is C21H18N4O6S3. The normalized spacial score (nSPS) is 19.5. The van der Waals surface area contributed by atoms with E-state index in [4.69, 9.17) is 4.74 Å². The molecule has 176 valence electrons. The van der Waals surface area contributed by atoms with E-state index in [1.54, 1.807) is 11.6 Å². The standard InChI is InChI=1S/C21H18N4O6S3/c26-14(8-31-15(27)7-6-12-4-2-1-3-5-12)23-16-18(28)25-17(20(29)30)13(9-32-19(16)25)10-33-21-24-22-11-34-21/h1-7,11,16,19H,8-10H2,(H,23,26)(H,29,30)/t16?,19-/m0/s1. The highest BCUT2D eigenvalue weighted by Gasteiger charge is 2.54. The number of rotatable bonds is 9. The summed E-state index contributed by atoms with van der Waals surface area (Å²) in [5, 5.41) is 19.4. The van der Waals surface area contributed by atoms with Gasteiger partial charge in [-0.2, -0.15) is 0 Å². The molecule has 2 N–H and O–H groups in total. The maximum Gasteiger partial charge on any atom is 0.352 e. The largest absolute Gasteiger partial charge is 0.477 e. The first-order valence-electron chi connectivity index (χ1n) is 9.92. The van der Waals surface area contributed by atoms with Crippen LogP contribution in [0.4, 0.5) is 0 Å². The van der Waals surface area contributed by atoms with Crippen LogP contribution in [0.15, 0.2) is 57.5 Å². The van der Waals surface area contributed by atoms with Gasteiger partial charge in [-0.3, -0.25) is 14.5 Å². The van der Waals surface area contributed by atoms with Gasteiger partial charge in [0.1, 0.15) is 22.6 Å². The number of hydrogen-bond acceptors (Lipinski definition) is 10. The third kappa shape index (κ3) is 5.48. The molecule has 2 amide bonds. The number of fused-ring (bicyclic) bond motifs is 1. The van der Waals surface area contributed by atoms with Crippen molar-refractivity contribution in [3.05, 3.63) is 58.8 Å². The topological polar surface area (TPSA) is 139 Å². The van der Waals surface area contributed by atoms with Gasteiger partial charge < -0.3 is 15.2 Å². The van der Waals surface area contributed by atoms with Gasteiger partial charge in [-0.05, 0) is 17.2 Å². The van der Waals surface area contributed by atoms with Gasteiger partial charge in [0.05, 0.1) is 0 Å². The minimum absolute atomic E-state index is 0.0614. The lowest BCUT2D eigenvalue weighted by molar-refractivity contribution is -0.152. The van der Waals surface area contributed by atoms with Gasteiger partial charge in [0.15, 0.2) is 10.9 Å². The van der Waals surface area contributed by atoms with E-state index in [2.05, 4.69) is 15.5 Å². The van der Waals surface area contributed by atoms with Crippen molar-refractivity contribution in [3.63, 3.8) is 0 Å². The molecule has 0 radical (unpaired) electrons. The van der Waals surface area contributed by atoms with Crippen molar-refractivity contribution in [2.24, 2.45) is 0 Å². The average molecular weight is 519 g/mol. The predicted molar refractivity (Wildman–Crippen MR) is 127 cm³/mol. The molecular weight excluding hydrogens is 500 g/mol. The van der Waals surface area contributed by atoms with Crippen LogP contribution >= 0.6 is 34.9 Å². The highest BCUT2D eigenvalue weighted by atomic mass is 32.2. The molecule has 0 saturated carbocycles. The summed E-state index contributed by atoms with van der Waals surface area (Å²) in [6, 6.07) is 8.24. The Morgan fingerprint density at radius 3 is 2.79 bits per heavy atom. The quantitative estimate of drug-likeness (QED) is 0.218. The summed E-state index contributed by atoms with van der Waals surface area (Å²) < 4.78 is 5.63. The Morgan fingerprint density at radius 2 is 2.09 bits per heavy atom. The fourth-order valence-corrected chi connectivity index (χ4v) is 6.27. The molecule has 1 aromatic carbocycles. The van der Waals surface area contributed by atoms with E-state index in [0.29, 0.717) is 21.4 Å². The maximum absolute atomic E-state index is 12.7. The zero-order valence-electron chi connectivity index (χ0n) is 17.4. The summed E-state index contributed by atoms with van der Waals surface area (Å²) in [5.41, 5.74) is 2.94. The second-order valence-corrected chi connectivity index (χ2v) is 10.2. The highest BCUT2D eigenvalue weighted by Crippen LogP contribution is 2.41. The molecule has 0 spiro atoms. The fourth-order valence-electron chi connectivity index (χ4n) is 3.30. The zero-order chi connectivity index (χ0) is 24.1. The average Bonchev–Trinajstić information content (AvgIpc) is 3.37. The van der Waals surface area contributed by atoms with E-state index in [1.807, 2.05) is 30.3 Å². The van der Waals surface area contributed by atoms with Crippen LogP contribution in [-0.2, 0) is 23.9 Å². The summed E-state index contributed by atoms with van der Waals surface area (Å²) in [7, 11) is 0. The number of aliphatic carboxylic acids is 1. The van der Waals surface area contributed by atoms with Gasteiger partial charge in [-0.15, -0.1) is 22.0 Å². The number of nitrogens with zero attached hydrogens (tertiary/aromatic N) is 3. The summed E-state index contributed by atoms with van der Waals surface area (Å²) in [4.78, 5) is 49.8. The Labute approximate surface area is 206 Å². The number of carboxylic acid groups (broad SMARTS) is 1. The molecule has 3 heterocycles. The molecule has 2 aromatic rings. The van der Waals surface area contributed by atoms with E-state index < -0.39 is 41.8 Å². The van der Waals surface area contributed by atoms with Gasteiger partial charge in [0, 0.05) is 17.6 Å². The van der Waals surface area contributed by atoms with Crippen LogP contribution in [0.5, 0.6) is 0 Å². The van der Waals surface area contributed by atoms with Crippen molar-refractivity contribution in [2.45, 2.75) is 15.8 Å². The number of carbonyl (C=O) groups excluding carboxylic acids is 3. The van der Waals surface area contributed by atoms with Crippen molar-refractivity contribution in [3.8, 4) is 0 Å². The molecule has 13 heteroatoms. The zero-order valence-corrected chi connectivity index (χ0v) is 19.9. The first kappa shape index (κ1) is 24.0. The number of carboxylic acids is 1. The van der Waals surface area contributed by atoms with E-state index in [-0.39, 0.29) is 5.70 Å². The van der Waals surface area contributed by atoms with Crippen LogP contribution < -0.4 is 5.32 Å². The van der Waals surface area contributed by atoms with Gasteiger partial charge in [0.25, 0.3) is 11.8 Å². The smallest absolute Gasteiger partial charge is 0.352 e. The Hall–Kier alpha value is -3.16. The number of ether oxygens (including phenoxy) is 1. The fraction of sp³-hybridized carbons (Fsp3) is 0.238. The van der Waals surface area contributed by atoms with E-state index in [9.17, 15) is 24.3 Å². The van der Waals surface area contributed by atoms with Crippen molar-refractivity contribution >= 4 is 64.7 Å². The summed E-state index contributed by atoms with van der Waals surface area (Å²) in [6.07, 6.45) is 2.77. The van der Waals surface area contributed by atoms with Gasteiger partial charge in [0.2, 0.25) is 0 Å². The summed E-state index contributed by atoms with van der Waals surface area (Å²) >= 11 is 4.07. The number of nitrogens with one attached hydrogen (secondary N) is 1. The first-order valence-corrected chi connectivity index (χ1v) is 12.8. The lowest BCUT2D eigenvalue weighted by atomic mass is 10.0. The van der Waals surface area contributed by atoms with Crippen molar-refractivity contribution < 1.29 is 29.0 Å². The summed E-state index contributed by atoms with van der Waals surface area (Å²) in [5.74, 6) is -2.29.